The molecule has 1 amide bonds. The predicted molar refractivity (Wildman–Crippen MR) is 122 cm³/mol. The minimum absolute atomic E-state index is 0.0145. The van der Waals surface area contributed by atoms with Gasteiger partial charge in [-0.15, -0.1) is 0 Å². The molecule has 3 heterocycles. The molecule has 5 rings (SSSR count). The Bertz CT molecular complexity index is 1280. The molecule has 2 aromatic carbocycles. The first kappa shape index (κ1) is 18.9. The number of carbonyl (C=O) groups is 1. The summed E-state index contributed by atoms with van der Waals surface area (Å²) in [5.74, 6) is 0.0580. The van der Waals surface area contributed by atoms with Crippen LogP contribution in [-0.4, -0.2) is 27.0 Å². The lowest BCUT2D eigenvalue weighted by Gasteiger charge is -2.19. The summed E-state index contributed by atoms with van der Waals surface area (Å²) in [7, 11) is 0. The summed E-state index contributed by atoms with van der Waals surface area (Å²) in [5, 5.41) is 18.4. The Kier molecular flexibility index (Phi) is 4.80. The fourth-order valence-electron chi connectivity index (χ4n) is 3.18. The maximum atomic E-state index is 12.5. The summed E-state index contributed by atoms with van der Waals surface area (Å²) in [5.41, 5.74) is 0.163. The normalized spacial score (nSPS) is 17.5. The molecule has 8 heteroatoms. The first-order valence-corrected chi connectivity index (χ1v) is 11.0. The molecular formula is C22H16N4O2S2. The summed E-state index contributed by atoms with van der Waals surface area (Å²) in [6, 6.07) is 18.0. The molecule has 2 aliphatic rings. The lowest BCUT2D eigenvalue weighted by atomic mass is 10.1. The number of fused-ring (bicyclic) bond motifs is 2. The van der Waals surface area contributed by atoms with E-state index in [1.165, 1.54) is 33.9 Å². The van der Waals surface area contributed by atoms with Crippen molar-refractivity contribution in [3.05, 3.63) is 65.9 Å². The van der Waals surface area contributed by atoms with Gasteiger partial charge >= 0.3 is 0 Å². The van der Waals surface area contributed by atoms with Crippen molar-refractivity contribution in [1.82, 2.24) is 5.01 Å². The van der Waals surface area contributed by atoms with Crippen molar-refractivity contribution in [2.24, 2.45) is 10.1 Å². The van der Waals surface area contributed by atoms with Crippen LogP contribution in [0.3, 0.4) is 0 Å². The van der Waals surface area contributed by atoms with Gasteiger partial charge in [-0.25, -0.2) is 0 Å². The van der Waals surface area contributed by atoms with Gasteiger partial charge in [-0.05, 0) is 53.2 Å². The van der Waals surface area contributed by atoms with Gasteiger partial charge in [0.2, 0.25) is 5.17 Å². The Morgan fingerprint density at radius 2 is 2.00 bits per heavy atom. The van der Waals surface area contributed by atoms with Crippen molar-refractivity contribution >= 4 is 62.3 Å². The van der Waals surface area contributed by atoms with Gasteiger partial charge in [-0.2, -0.15) is 15.1 Å². The largest absolute Gasteiger partial charge is 0.450 e. The number of furan rings is 1. The molecule has 0 atom stereocenters. The highest BCUT2D eigenvalue weighted by atomic mass is 32.2. The number of rotatable bonds is 4. The second kappa shape index (κ2) is 7.62. The van der Waals surface area contributed by atoms with Crippen LogP contribution in [0.2, 0.25) is 0 Å². The van der Waals surface area contributed by atoms with E-state index in [-0.39, 0.29) is 11.4 Å². The van der Waals surface area contributed by atoms with E-state index >= 15 is 0 Å². The minimum Gasteiger partial charge on any atom is -0.450 e. The molecule has 0 saturated heterocycles. The molecule has 0 radical (unpaired) electrons. The Morgan fingerprint density at radius 3 is 2.87 bits per heavy atom. The van der Waals surface area contributed by atoms with Crippen LogP contribution in [0, 0.1) is 5.41 Å². The first-order valence-electron chi connectivity index (χ1n) is 9.37. The van der Waals surface area contributed by atoms with Crippen molar-refractivity contribution in [3.63, 3.8) is 0 Å². The lowest BCUT2D eigenvalue weighted by molar-refractivity contribution is -0.114. The van der Waals surface area contributed by atoms with E-state index in [1.807, 2.05) is 31.2 Å². The van der Waals surface area contributed by atoms with Crippen molar-refractivity contribution in [2.45, 2.75) is 23.3 Å². The predicted octanol–water partition coefficient (Wildman–Crippen LogP) is 5.61. The molecule has 2 aliphatic heterocycles. The number of aliphatic imine (C=N–C) groups is 1. The van der Waals surface area contributed by atoms with Crippen molar-refractivity contribution in [2.75, 3.05) is 0 Å². The number of thioether (sulfide) groups is 1. The number of amides is 1. The molecule has 0 bridgehead atoms. The molecule has 0 aliphatic carbocycles. The van der Waals surface area contributed by atoms with Gasteiger partial charge in [0.05, 0.1) is 5.57 Å². The summed E-state index contributed by atoms with van der Waals surface area (Å²) in [6.07, 6.45) is 2.29. The zero-order valence-corrected chi connectivity index (χ0v) is 17.6. The van der Waals surface area contributed by atoms with E-state index < -0.39 is 5.91 Å². The van der Waals surface area contributed by atoms with Gasteiger partial charge in [0, 0.05) is 4.90 Å². The summed E-state index contributed by atoms with van der Waals surface area (Å²) in [6.45, 7) is 1.98. The number of nitrogens with one attached hydrogen (secondary N) is 1. The number of hydrogen-bond donors (Lipinski definition) is 1. The Morgan fingerprint density at radius 1 is 1.17 bits per heavy atom. The first-order chi connectivity index (χ1) is 14.6. The van der Waals surface area contributed by atoms with E-state index in [9.17, 15) is 4.79 Å². The van der Waals surface area contributed by atoms with E-state index in [0.717, 1.165) is 21.7 Å². The van der Waals surface area contributed by atoms with Gasteiger partial charge in [-0.1, -0.05) is 55.1 Å². The third-order valence-corrected chi connectivity index (χ3v) is 6.70. The molecule has 1 aromatic heterocycles. The van der Waals surface area contributed by atoms with Gasteiger partial charge in [0.15, 0.2) is 10.9 Å². The Balaban J connectivity index is 1.42. The summed E-state index contributed by atoms with van der Waals surface area (Å²) in [4.78, 5) is 17.6. The molecule has 148 valence electrons. The van der Waals surface area contributed by atoms with Crippen LogP contribution in [0.25, 0.3) is 16.8 Å². The number of carbonyl (C=O) groups excluding carboxylic acids is 1. The van der Waals surface area contributed by atoms with Crippen LogP contribution >= 0.6 is 23.5 Å². The smallest absolute Gasteiger partial charge is 0.283 e. The molecule has 6 nitrogen and oxygen atoms in total. The van der Waals surface area contributed by atoms with Crippen LogP contribution in [0.5, 0.6) is 0 Å². The van der Waals surface area contributed by atoms with E-state index in [0.29, 0.717) is 16.0 Å². The van der Waals surface area contributed by atoms with Crippen LogP contribution < -0.4 is 0 Å². The van der Waals surface area contributed by atoms with Gasteiger partial charge in [-0.3, -0.25) is 10.2 Å². The number of amidine groups is 2. The van der Waals surface area contributed by atoms with Crippen LogP contribution in [0.15, 0.2) is 84.7 Å². The maximum absolute atomic E-state index is 12.5. The summed E-state index contributed by atoms with van der Waals surface area (Å²) < 4.78 is 5.92. The minimum atomic E-state index is -0.453. The highest BCUT2D eigenvalue weighted by Gasteiger charge is 2.35. The monoisotopic (exact) mass is 432 g/mol. The van der Waals surface area contributed by atoms with Gasteiger partial charge in [0.1, 0.15) is 10.8 Å². The molecular weight excluding hydrogens is 416 g/mol. The van der Waals surface area contributed by atoms with Crippen LogP contribution in [0.4, 0.5) is 0 Å². The second-order valence-electron chi connectivity index (χ2n) is 6.60. The molecule has 30 heavy (non-hydrogen) atoms. The zero-order chi connectivity index (χ0) is 20.7. The van der Waals surface area contributed by atoms with Crippen LogP contribution in [-0.2, 0) is 4.79 Å². The quantitative estimate of drug-likeness (QED) is 0.542. The molecule has 3 aromatic rings. The molecule has 0 saturated carbocycles. The highest BCUT2D eigenvalue weighted by molar-refractivity contribution is 8.26. The fraction of sp³-hybridized carbons (Fsp3) is 0.0909. The van der Waals surface area contributed by atoms with Gasteiger partial charge in [0.25, 0.3) is 5.91 Å². The number of benzene rings is 2. The standard InChI is InChI=1S/C22H16N4O2S2/c1-2-18-25-26-20(23)16(21(27)24-22(26)30-18)12-14-10-11-19(28-14)29-17-9-5-7-13-6-3-4-8-15(13)17/h3-12,23H,2H2,1H3/b16-12+,23-20?. The number of nitrogens with zero attached hydrogens (tertiary/aromatic N) is 3. The Labute approximate surface area is 181 Å². The topological polar surface area (TPSA) is 82.0 Å². The van der Waals surface area contributed by atoms with E-state index in [4.69, 9.17) is 9.83 Å². The average Bonchev–Trinajstić information content (AvgIpc) is 3.38. The van der Waals surface area contributed by atoms with E-state index in [2.05, 4.69) is 34.4 Å². The van der Waals surface area contributed by atoms with Crippen molar-refractivity contribution < 1.29 is 9.21 Å². The summed E-state index contributed by atoms with van der Waals surface area (Å²) >= 11 is 2.85. The fourth-order valence-corrected chi connectivity index (χ4v) is 4.93. The van der Waals surface area contributed by atoms with Crippen molar-refractivity contribution in [3.8, 4) is 0 Å². The number of hydrogen-bond acceptors (Lipinski definition) is 6. The second-order valence-corrected chi connectivity index (χ2v) is 8.69. The third kappa shape index (κ3) is 3.38. The van der Waals surface area contributed by atoms with Gasteiger partial charge < -0.3 is 4.42 Å². The van der Waals surface area contributed by atoms with Crippen LogP contribution in [0.1, 0.15) is 19.1 Å². The molecule has 0 spiro atoms. The molecule has 1 N–H and O–H groups in total. The maximum Gasteiger partial charge on any atom is 0.283 e. The molecule has 0 unspecified atom stereocenters. The third-order valence-electron chi connectivity index (χ3n) is 4.65. The zero-order valence-electron chi connectivity index (χ0n) is 16.0. The number of hydrazone groups is 1. The molecule has 0 fully saturated rings. The SMILES string of the molecule is CCC1=NN2C(=N)/C(=C\c3ccc(Sc4cccc5ccccc45)o3)C(=O)N=C2S1. The van der Waals surface area contributed by atoms with E-state index in [1.54, 1.807) is 12.1 Å². The lowest BCUT2D eigenvalue weighted by Crippen LogP contribution is -2.35. The average molecular weight is 433 g/mol. The van der Waals surface area contributed by atoms with Crippen molar-refractivity contribution in [1.29, 1.82) is 5.41 Å². The highest BCUT2D eigenvalue weighted by Crippen LogP contribution is 2.35. The Hall–Kier alpha value is -3.10.